The van der Waals surface area contributed by atoms with Crippen LogP contribution in [0.3, 0.4) is 0 Å². The second kappa shape index (κ2) is 8.19. The summed E-state index contributed by atoms with van der Waals surface area (Å²) in [6, 6.07) is 0. The average Bonchev–Trinajstić information content (AvgIpc) is 3.21. The van der Waals surface area contributed by atoms with E-state index in [9.17, 15) is 35.4 Å². The molecule has 0 spiro atoms. The number of aliphatic hydroxyl groups is 6. The van der Waals surface area contributed by atoms with E-state index in [1.807, 2.05) is 20.8 Å². The molecule has 2 saturated carbocycles. The van der Waals surface area contributed by atoms with Crippen molar-refractivity contribution < 1.29 is 54.4 Å². The van der Waals surface area contributed by atoms with Crippen LogP contribution in [0.1, 0.15) is 33.6 Å². The van der Waals surface area contributed by atoms with Crippen LogP contribution in [-0.4, -0.2) is 111 Å². The summed E-state index contributed by atoms with van der Waals surface area (Å²) in [4.78, 5) is 12.7. The minimum atomic E-state index is -1.87. The molecule has 2 bridgehead atoms. The van der Waals surface area contributed by atoms with Crippen LogP contribution in [0.2, 0.25) is 0 Å². The van der Waals surface area contributed by atoms with Gasteiger partial charge in [-0.1, -0.05) is 13.8 Å². The van der Waals surface area contributed by atoms with Crippen LogP contribution < -0.4 is 0 Å². The van der Waals surface area contributed by atoms with Crippen LogP contribution in [0.4, 0.5) is 0 Å². The summed E-state index contributed by atoms with van der Waals surface area (Å²) in [5.74, 6) is 0.241. The highest BCUT2D eigenvalue weighted by Gasteiger charge is 2.67. The molecule has 2 heterocycles. The van der Waals surface area contributed by atoms with Gasteiger partial charge in [-0.05, 0) is 24.7 Å². The molecule has 0 unspecified atom stereocenters. The molecule has 11 heteroatoms. The Morgan fingerprint density at radius 1 is 1.06 bits per heavy atom. The van der Waals surface area contributed by atoms with E-state index in [2.05, 4.69) is 0 Å². The Balaban J connectivity index is 1.42. The van der Waals surface area contributed by atoms with E-state index >= 15 is 0 Å². The highest BCUT2D eigenvalue weighted by atomic mass is 16.7. The molecule has 4 rings (SSSR count). The predicted octanol–water partition coefficient (Wildman–Crippen LogP) is -2.34. The van der Waals surface area contributed by atoms with Crippen molar-refractivity contribution in [2.45, 2.75) is 88.4 Å². The maximum Gasteiger partial charge on any atom is 0.187 e. The van der Waals surface area contributed by atoms with Crippen molar-refractivity contribution >= 4 is 5.78 Å². The lowest BCUT2D eigenvalue weighted by atomic mass is 9.69. The Hall–Kier alpha value is -0.730. The number of hydrogen-bond donors (Lipinski definition) is 6. The van der Waals surface area contributed by atoms with E-state index in [4.69, 9.17) is 18.9 Å². The Kier molecular flexibility index (Phi) is 6.24. The van der Waals surface area contributed by atoms with E-state index in [1.165, 1.54) is 0 Å². The second-order valence-corrected chi connectivity index (χ2v) is 10.3. The standard InChI is InChI=1S/C21H34O11/c1-19(2)9-4-11(23)20(19,3)12(5-9)32-17-15(26)14(25)13(24)10(31-17)6-29-18-16(27)21(28,7-22)8-30-18/h9-10,12-18,22,24-28H,4-8H2,1-3H3/t9-,10-,12+,13-,14+,15-,16+,17+,18-,20+,21-/m1/s1. The lowest BCUT2D eigenvalue weighted by Crippen LogP contribution is -2.61. The van der Waals surface area contributed by atoms with Gasteiger partial charge < -0.3 is 49.6 Å². The van der Waals surface area contributed by atoms with Gasteiger partial charge in [-0.25, -0.2) is 0 Å². The molecule has 4 fully saturated rings. The number of aliphatic hydroxyl groups excluding tert-OH is 5. The van der Waals surface area contributed by atoms with Crippen LogP contribution >= 0.6 is 0 Å². The first-order chi connectivity index (χ1) is 14.9. The normalized spacial score (nSPS) is 52.7. The van der Waals surface area contributed by atoms with Crippen LogP contribution in [-0.2, 0) is 23.7 Å². The topological polar surface area (TPSA) is 175 Å². The second-order valence-electron chi connectivity index (χ2n) is 10.3. The first-order valence-corrected chi connectivity index (χ1v) is 11.0. The Bertz CT molecular complexity index is 731. The zero-order valence-corrected chi connectivity index (χ0v) is 18.5. The molecule has 0 aromatic heterocycles. The monoisotopic (exact) mass is 462 g/mol. The fourth-order valence-electron chi connectivity index (χ4n) is 5.59. The molecule has 0 aromatic rings. The van der Waals surface area contributed by atoms with Gasteiger partial charge in [-0.15, -0.1) is 0 Å². The van der Waals surface area contributed by atoms with Gasteiger partial charge in [0.15, 0.2) is 12.6 Å². The maximum atomic E-state index is 12.7. The van der Waals surface area contributed by atoms with E-state index in [1.54, 1.807) is 0 Å². The van der Waals surface area contributed by atoms with Gasteiger partial charge in [0.2, 0.25) is 0 Å². The molecule has 11 atom stereocenters. The van der Waals surface area contributed by atoms with Gasteiger partial charge in [-0.3, -0.25) is 4.79 Å². The minimum Gasteiger partial charge on any atom is -0.393 e. The summed E-state index contributed by atoms with van der Waals surface area (Å²) in [7, 11) is 0. The first kappa shape index (κ1) is 24.4. The molecule has 2 aliphatic carbocycles. The number of fused-ring (bicyclic) bond motifs is 2. The molecule has 2 saturated heterocycles. The van der Waals surface area contributed by atoms with Gasteiger partial charge in [0.25, 0.3) is 0 Å². The van der Waals surface area contributed by atoms with Gasteiger partial charge in [0.1, 0.15) is 41.9 Å². The van der Waals surface area contributed by atoms with Crippen molar-refractivity contribution in [3.05, 3.63) is 0 Å². The molecule has 4 aliphatic rings. The lowest BCUT2D eigenvalue weighted by molar-refractivity contribution is -0.324. The van der Waals surface area contributed by atoms with Crippen molar-refractivity contribution in [1.82, 2.24) is 0 Å². The van der Waals surface area contributed by atoms with Gasteiger partial charge >= 0.3 is 0 Å². The molecule has 11 nitrogen and oxygen atoms in total. The largest absolute Gasteiger partial charge is 0.393 e. The fourth-order valence-corrected chi connectivity index (χ4v) is 5.59. The fraction of sp³-hybridized carbons (Fsp3) is 0.952. The molecule has 0 radical (unpaired) electrons. The van der Waals surface area contributed by atoms with Gasteiger partial charge in [0, 0.05) is 6.42 Å². The van der Waals surface area contributed by atoms with Crippen LogP contribution in [0.5, 0.6) is 0 Å². The Morgan fingerprint density at radius 3 is 2.31 bits per heavy atom. The van der Waals surface area contributed by atoms with Crippen molar-refractivity contribution in [2.75, 3.05) is 19.8 Å². The third-order valence-corrected chi connectivity index (χ3v) is 8.48. The summed E-state index contributed by atoms with van der Waals surface area (Å²) >= 11 is 0. The maximum absolute atomic E-state index is 12.7. The number of hydrogen-bond acceptors (Lipinski definition) is 11. The number of ether oxygens (including phenoxy) is 4. The van der Waals surface area contributed by atoms with Crippen LogP contribution in [0.15, 0.2) is 0 Å². The smallest absolute Gasteiger partial charge is 0.187 e. The molecular weight excluding hydrogens is 428 g/mol. The molecule has 32 heavy (non-hydrogen) atoms. The minimum absolute atomic E-state index is 0.0956. The van der Waals surface area contributed by atoms with Crippen molar-refractivity contribution in [2.24, 2.45) is 16.7 Å². The summed E-state index contributed by atoms with van der Waals surface area (Å²) in [5.41, 5.74) is -2.91. The zero-order valence-electron chi connectivity index (χ0n) is 18.5. The van der Waals surface area contributed by atoms with Gasteiger partial charge in [-0.2, -0.15) is 0 Å². The molecule has 0 amide bonds. The SMILES string of the molecule is CC1(C)[C@@H]2CC(=O)[C@@]1(C)[C@@H](O[C@@H]1O[C@H](CO[C@@H]3OC[C@](O)(CO)[C@H]3O)[C@@H](O)[C@H](O)[C@H]1O)C2. The van der Waals surface area contributed by atoms with E-state index in [-0.39, 0.29) is 30.3 Å². The first-order valence-electron chi connectivity index (χ1n) is 11.0. The number of Topliss-reactive ketones (excluding diaryl/α,β-unsaturated/α-hetero) is 1. The highest BCUT2D eigenvalue weighted by Crippen LogP contribution is 2.64. The van der Waals surface area contributed by atoms with E-state index in [0.29, 0.717) is 12.8 Å². The molecule has 2 aliphatic heterocycles. The number of rotatable bonds is 6. The van der Waals surface area contributed by atoms with E-state index in [0.717, 1.165) is 0 Å². The third kappa shape index (κ3) is 3.46. The Morgan fingerprint density at radius 2 is 1.75 bits per heavy atom. The van der Waals surface area contributed by atoms with Crippen molar-refractivity contribution in [3.63, 3.8) is 0 Å². The average molecular weight is 462 g/mol. The summed E-state index contributed by atoms with van der Waals surface area (Å²) in [6.07, 6.45) is -9.35. The van der Waals surface area contributed by atoms with E-state index < -0.39 is 66.8 Å². The molecule has 184 valence electrons. The number of ketones is 1. The molecule has 6 N–H and O–H groups in total. The zero-order chi connectivity index (χ0) is 23.6. The summed E-state index contributed by atoms with van der Waals surface area (Å²) in [5, 5.41) is 60.5. The highest BCUT2D eigenvalue weighted by molar-refractivity contribution is 5.90. The van der Waals surface area contributed by atoms with Crippen molar-refractivity contribution in [3.8, 4) is 0 Å². The van der Waals surface area contributed by atoms with Crippen molar-refractivity contribution in [1.29, 1.82) is 0 Å². The summed E-state index contributed by atoms with van der Waals surface area (Å²) < 4.78 is 22.3. The number of carbonyl (C=O) groups is 1. The quantitative estimate of drug-likeness (QED) is 0.249. The van der Waals surface area contributed by atoms with Crippen LogP contribution in [0.25, 0.3) is 0 Å². The number of carbonyl (C=O) groups excluding carboxylic acids is 1. The predicted molar refractivity (Wildman–Crippen MR) is 105 cm³/mol. The van der Waals surface area contributed by atoms with Gasteiger partial charge in [0.05, 0.1) is 31.3 Å². The molecular formula is C21H34O11. The summed E-state index contributed by atoms with van der Waals surface area (Å²) in [6.45, 7) is 4.48. The third-order valence-electron chi connectivity index (χ3n) is 8.48. The molecule has 0 aromatic carbocycles. The van der Waals surface area contributed by atoms with Crippen LogP contribution in [0, 0.1) is 16.7 Å². The lowest BCUT2D eigenvalue weighted by Gasteiger charge is -2.44. The Labute approximate surface area is 185 Å².